The fourth-order valence-electron chi connectivity index (χ4n) is 2.15. The molecule has 0 fully saturated rings. The Kier molecular flexibility index (Phi) is 2.79. The van der Waals surface area contributed by atoms with Gasteiger partial charge in [0.1, 0.15) is 6.33 Å². The van der Waals surface area contributed by atoms with Crippen LogP contribution in [0.25, 0.3) is 0 Å². The number of aromatic nitrogens is 4. The van der Waals surface area contributed by atoms with Crippen LogP contribution in [0.5, 0.6) is 0 Å². The minimum absolute atomic E-state index is 0.454. The molecule has 1 N–H and O–H groups in total. The van der Waals surface area contributed by atoms with Gasteiger partial charge in [-0.15, -0.1) is 10.2 Å². The Hall–Kier alpha value is -1.47. The maximum absolute atomic E-state index is 9.67. The zero-order chi connectivity index (χ0) is 12.7. The summed E-state index contributed by atoms with van der Waals surface area (Å²) in [4.78, 5) is 7.67. The molecule has 0 spiro atoms. The third-order valence-corrected chi connectivity index (χ3v) is 4.50. The second-order valence-corrected chi connectivity index (χ2v) is 5.49. The van der Waals surface area contributed by atoms with E-state index < -0.39 is 6.10 Å². The highest BCUT2D eigenvalue weighted by Gasteiger charge is 2.22. The third kappa shape index (κ3) is 1.89. The maximum atomic E-state index is 9.67. The van der Waals surface area contributed by atoms with Crippen LogP contribution >= 0.6 is 11.3 Å². The molecule has 0 saturated heterocycles. The molecule has 3 rings (SSSR count). The Balaban J connectivity index is 1.86. The van der Waals surface area contributed by atoms with E-state index in [4.69, 9.17) is 0 Å². The van der Waals surface area contributed by atoms with Crippen LogP contribution in [0.3, 0.4) is 0 Å². The van der Waals surface area contributed by atoms with Crippen LogP contribution in [-0.4, -0.2) is 31.4 Å². The van der Waals surface area contributed by atoms with Crippen molar-refractivity contribution in [1.82, 2.24) is 19.7 Å². The summed E-state index contributed by atoms with van der Waals surface area (Å²) in [6.45, 7) is 6.22. The van der Waals surface area contributed by atoms with Crippen LogP contribution in [0.4, 0.5) is 5.13 Å². The lowest BCUT2D eigenvalue weighted by Gasteiger charge is -2.26. The van der Waals surface area contributed by atoms with Crippen molar-refractivity contribution in [1.29, 1.82) is 0 Å². The van der Waals surface area contributed by atoms with E-state index in [0.717, 1.165) is 41.2 Å². The molecule has 7 heteroatoms. The number of aryl methyl sites for hydroxylation is 1. The molecule has 0 aromatic carbocycles. The molecular formula is C11H15N5OS. The number of fused-ring (bicyclic) bond motifs is 1. The Morgan fingerprint density at radius 3 is 3.00 bits per heavy atom. The zero-order valence-corrected chi connectivity index (χ0v) is 11.2. The number of aliphatic hydroxyl groups excluding tert-OH is 1. The summed E-state index contributed by atoms with van der Waals surface area (Å²) in [5.74, 6) is 0.965. The molecule has 0 radical (unpaired) electrons. The van der Waals surface area contributed by atoms with Gasteiger partial charge in [0.15, 0.2) is 11.0 Å². The van der Waals surface area contributed by atoms with Gasteiger partial charge in [-0.3, -0.25) is 0 Å². The molecule has 0 amide bonds. The van der Waals surface area contributed by atoms with Gasteiger partial charge < -0.3 is 14.6 Å². The summed E-state index contributed by atoms with van der Waals surface area (Å²) in [6.07, 6.45) is 1.31. The fraction of sp³-hybridized carbons (Fsp3) is 0.545. The van der Waals surface area contributed by atoms with E-state index in [-0.39, 0.29) is 0 Å². The monoisotopic (exact) mass is 265 g/mol. The summed E-state index contributed by atoms with van der Waals surface area (Å²) >= 11 is 1.56. The summed E-state index contributed by atoms with van der Waals surface area (Å²) in [6, 6.07) is 0. The van der Waals surface area contributed by atoms with E-state index in [1.165, 1.54) is 0 Å². The second kappa shape index (κ2) is 4.33. The second-order valence-electron chi connectivity index (χ2n) is 4.48. The lowest BCUT2D eigenvalue weighted by molar-refractivity contribution is 0.202. The van der Waals surface area contributed by atoms with E-state index >= 15 is 0 Å². The highest BCUT2D eigenvalue weighted by molar-refractivity contribution is 7.15. The van der Waals surface area contributed by atoms with Gasteiger partial charge in [-0.05, 0) is 13.8 Å². The average molecular weight is 265 g/mol. The highest BCUT2D eigenvalue weighted by atomic mass is 32.1. The van der Waals surface area contributed by atoms with Crippen molar-refractivity contribution < 1.29 is 5.11 Å². The van der Waals surface area contributed by atoms with Gasteiger partial charge in [0.05, 0.1) is 23.2 Å². The number of hydrogen-bond donors (Lipinski definition) is 1. The molecule has 1 aliphatic rings. The fourth-order valence-corrected chi connectivity index (χ4v) is 3.17. The van der Waals surface area contributed by atoms with Crippen LogP contribution < -0.4 is 4.90 Å². The molecular weight excluding hydrogens is 250 g/mol. The van der Waals surface area contributed by atoms with Crippen molar-refractivity contribution in [3.05, 3.63) is 22.7 Å². The van der Waals surface area contributed by atoms with Crippen molar-refractivity contribution in [2.45, 2.75) is 33.0 Å². The Morgan fingerprint density at radius 2 is 2.28 bits per heavy atom. The topological polar surface area (TPSA) is 67.1 Å². The molecule has 0 saturated carbocycles. The van der Waals surface area contributed by atoms with Crippen LogP contribution in [-0.2, 0) is 13.1 Å². The number of nitrogens with zero attached hydrogens (tertiary/aromatic N) is 5. The summed E-state index contributed by atoms with van der Waals surface area (Å²) in [5.41, 5.74) is 0.914. The van der Waals surface area contributed by atoms with Gasteiger partial charge in [-0.1, -0.05) is 11.3 Å². The molecule has 2 aromatic rings. The Bertz CT molecular complexity index is 562. The van der Waals surface area contributed by atoms with E-state index in [1.54, 1.807) is 24.6 Å². The Labute approximate surface area is 109 Å². The maximum Gasteiger partial charge on any atom is 0.186 e. The molecule has 0 aliphatic carbocycles. The number of aliphatic hydroxyl groups is 1. The van der Waals surface area contributed by atoms with Crippen LogP contribution in [0.1, 0.15) is 29.4 Å². The summed E-state index contributed by atoms with van der Waals surface area (Å²) in [7, 11) is 0. The van der Waals surface area contributed by atoms with Gasteiger partial charge in [0, 0.05) is 13.1 Å². The van der Waals surface area contributed by atoms with Crippen molar-refractivity contribution in [3.63, 3.8) is 0 Å². The number of rotatable bonds is 2. The average Bonchev–Trinajstić information content (AvgIpc) is 2.93. The molecule has 6 nitrogen and oxygen atoms in total. The highest BCUT2D eigenvalue weighted by Crippen LogP contribution is 2.31. The molecule has 1 aliphatic heterocycles. The lowest BCUT2D eigenvalue weighted by atomic mass is 10.3. The third-order valence-electron chi connectivity index (χ3n) is 3.11. The molecule has 96 valence electrons. The van der Waals surface area contributed by atoms with Crippen molar-refractivity contribution in [2.75, 3.05) is 11.4 Å². The van der Waals surface area contributed by atoms with E-state index in [0.29, 0.717) is 0 Å². The number of hydrogen-bond acceptors (Lipinski definition) is 6. The molecule has 1 atom stereocenters. The summed E-state index contributed by atoms with van der Waals surface area (Å²) < 4.78 is 2.06. The largest absolute Gasteiger partial charge is 0.388 e. The Morgan fingerprint density at radius 1 is 1.44 bits per heavy atom. The predicted octanol–water partition coefficient (Wildman–Crippen LogP) is 1.12. The quantitative estimate of drug-likeness (QED) is 0.881. The van der Waals surface area contributed by atoms with E-state index in [9.17, 15) is 5.11 Å². The van der Waals surface area contributed by atoms with Gasteiger partial charge in [-0.25, -0.2) is 4.98 Å². The summed E-state index contributed by atoms with van der Waals surface area (Å²) in [5, 5.41) is 18.6. The first kappa shape index (κ1) is 11.6. The first-order valence-electron chi connectivity index (χ1n) is 5.92. The zero-order valence-electron chi connectivity index (χ0n) is 10.4. The van der Waals surface area contributed by atoms with Crippen molar-refractivity contribution >= 4 is 16.5 Å². The van der Waals surface area contributed by atoms with Gasteiger partial charge in [0.25, 0.3) is 0 Å². The lowest BCUT2D eigenvalue weighted by Crippen LogP contribution is -2.33. The molecule has 2 aromatic heterocycles. The molecule has 1 unspecified atom stereocenters. The smallest absolute Gasteiger partial charge is 0.186 e. The minimum atomic E-state index is -0.454. The van der Waals surface area contributed by atoms with Crippen LogP contribution in [0.15, 0.2) is 6.33 Å². The number of anilines is 1. The van der Waals surface area contributed by atoms with Crippen molar-refractivity contribution in [3.8, 4) is 0 Å². The molecule has 18 heavy (non-hydrogen) atoms. The predicted molar refractivity (Wildman–Crippen MR) is 68.6 cm³/mol. The minimum Gasteiger partial charge on any atom is -0.388 e. The molecule has 3 heterocycles. The molecule has 0 bridgehead atoms. The van der Waals surface area contributed by atoms with E-state index in [1.807, 2.05) is 6.92 Å². The van der Waals surface area contributed by atoms with Gasteiger partial charge in [0.2, 0.25) is 0 Å². The van der Waals surface area contributed by atoms with Gasteiger partial charge in [-0.2, -0.15) is 0 Å². The SMILES string of the molecule is Cc1nc(N2CCn3cnnc3C2)sc1C(C)O. The van der Waals surface area contributed by atoms with Crippen LogP contribution in [0.2, 0.25) is 0 Å². The first-order chi connectivity index (χ1) is 8.65. The number of thiazole rings is 1. The first-order valence-corrected chi connectivity index (χ1v) is 6.74. The van der Waals surface area contributed by atoms with E-state index in [2.05, 4.69) is 24.6 Å². The van der Waals surface area contributed by atoms with Crippen molar-refractivity contribution in [2.24, 2.45) is 0 Å². The van der Waals surface area contributed by atoms with Crippen LogP contribution in [0, 0.1) is 6.92 Å². The normalized spacial score (nSPS) is 16.7. The standard InChI is InChI=1S/C11H15N5OS/c1-7-10(8(2)17)18-11(13-7)15-3-4-16-6-12-14-9(16)5-15/h6,8,17H,3-5H2,1-2H3. The van der Waals surface area contributed by atoms with Gasteiger partial charge >= 0.3 is 0 Å².